The average molecular weight is 338 g/mol. The van der Waals surface area contributed by atoms with Gasteiger partial charge in [0.25, 0.3) is 0 Å². The second kappa shape index (κ2) is 6.39. The van der Waals surface area contributed by atoms with E-state index in [0.29, 0.717) is 36.7 Å². The van der Waals surface area contributed by atoms with E-state index in [1.165, 1.54) is 0 Å². The minimum Gasteiger partial charge on any atom is -0.488 e. The zero-order chi connectivity index (χ0) is 17.2. The molecule has 0 saturated carbocycles. The van der Waals surface area contributed by atoms with Crippen molar-refractivity contribution in [3.63, 3.8) is 0 Å². The molecule has 2 bridgehead atoms. The van der Waals surface area contributed by atoms with Crippen molar-refractivity contribution >= 4 is 17.0 Å². The summed E-state index contributed by atoms with van der Waals surface area (Å²) in [6.45, 7) is 3.31. The lowest BCUT2D eigenvalue weighted by Gasteiger charge is -2.12. The Hall–Kier alpha value is -3.16. The molecule has 128 valence electrons. The smallest absolute Gasteiger partial charge is 0.320 e. The molecule has 1 aliphatic heterocycles. The molecule has 0 saturated heterocycles. The zero-order valence-corrected chi connectivity index (χ0v) is 13.8. The van der Waals surface area contributed by atoms with Gasteiger partial charge in [-0.25, -0.2) is 4.98 Å². The Morgan fingerprint density at radius 3 is 3.00 bits per heavy atom. The minimum absolute atomic E-state index is 0.258. The van der Waals surface area contributed by atoms with Gasteiger partial charge in [-0.05, 0) is 25.5 Å². The van der Waals surface area contributed by atoms with Gasteiger partial charge in [0.05, 0.1) is 13.2 Å². The molecule has 0 amide bonds. The number of hydrogen-bond acceptors (Lipinski definition) is 7. The van der Waals surface area contributed by atoms with Crippen LogP contribution in [0.4, 0.5) is 5.82 Å². The third-order valence-corrected chi connectivity index (χ3v) is 3.97. The minimum atomic E-state index is 0.258. The first kappa shape index (κ1) is 15.4. The lowest BCUT2D eigenvalue weighted by molar-refractivity contribution is 0.299. The molecule has 0 atom stereocenters. The summed E-state index contributed by atoms with van der Waals surface area (Å²) >= 11 is 0. The monoisotopic (exact) mass is 338 g/mol. The van der Waals surface area contributed by atoms with Crippen LogP contribution >= 0.6 is 0 Å². The Labute approximate surface area is 144 Å². The van der Waals surface area contributed by atoms with E-state index in [-0.39, 0.29) is 6.01 Å². The molecule has 3 aromatic rings. The highest BCUT2D eigenvalue weighted by Gasteiger charge is 2.17. The predicted octanol–water partition coefficient (Wildman–Crippen LogP) is 1.88. The van der Waals surface area contributed by atoms with Crippen molar-refractivity contribution < 1.29 is 9.47 Å². The largest absolute Gasteiger partial charge is 0.488 e. The number of anilines is 1. The van der Waals surface area contributed by atoms with Gasteiger partial charge < -0.3 is 19.8 Å². The summed E-state index contributed by atoms with van der Waals surface area (Å²) in [6.07, 6.45) is 6.42. The summed E-state index contributed by atoms with van der Waals surface area (Å²) in [5.74, 6) is 1.82. The molecule has 8 heteroatoms. The zero-order valence-electron chi connectivity index (χ0n) is 13.8. The molecule has 0 aromatic carbocycles. The van der Waals surface area contributed by atoms with Gasteiger partial charge in [-0.2, -0.15) is 9.97 Å². The van der Waals surface area contributed by atoms with Crippen molar-refractivity contribution in [1.29, 1.82) is 0 Å². The summed E-state index contributed by atoms with van der Waals surface area (Å²) in [6, 6.07) is 4.03. The lowest BCUT2D eigenvalue weighted by Crippen LogP contribution is -2.09. The summed E-state index contributed by atoms with van der Waals surface area (Å²) in [5, 5.41) is 0. The standard InChI is InChI=1S/C17H18N6O2/c1-11-20-14-15(18)21-17-22-16(14)23(11)10-12-13(6-5-7-19-12)24-8-3-2-4-9-25-17/h2-3,5-7H,4,8-10H2,1H3,(H2,18,21,22)/b3-2-. The number of pyridine rings is 1. The van der Waals surface area contributed by atoms with E-state index in [4.69, 9.17) is 15.2 Å². The predicted molar refractivity (Wildman–Crippen MR) is 92.6 cm³/mol. The number of aryl methyl sites for hydroxylation is 1. The lowest BCUT2D eigenvalue weighted by atomic mass is 10.3. The average Bonchev–Trinajstić information content (AvgIpc) is 2.92. The fraction of sp³-hybridized carbons (Fsp3) is 0.294. The van der Waals surface area contributed by atoms with Crippen LogP contribution in [0.1, 0.15) is 17.9 Å². The van der Waals surface area contributed by atoms with E-state index >= 15 is 0 Å². The normalized spacial score (nSPS) is 15.9. The van der Waals surface area contributed by atoms with Gasteiger partial charge in [-0.1, -0.05) is 12.2 Å². The Kier molecular flexibility index (Phi) is 3.93. The van der Waals surface area contributed by atoms with E-state index in [9.17, 15) is 0 Å². The maximum absolute atomic E-state index is 6.04. The third-order valence-electron chi connectivity index (χ3n) is 3.97. The number of aromatic nitrogens is 5. The van der Waals surface area contributed by atoms with E-state index < -0.39 is 0 Å². The van der Waals surface area contributed by atoms with Crippen LogP contribution in [0.5, 0.6) is 11.8 Å². The Bertz CT molecular complexity index is 950. The van der Waals surface area contributed by atoms with Gasteiger partial charge in [-0.15, -0.1) is 0 Å². The summed E-state index contributed by atoms with van der Waals surface area (Å²) < 4.78 is 13.4. The van der Waals surface area contributed by atoms with Gasteiger partial charge in [-0.3, -0.25) is 4.98 Å². The summed E-state index contributed by atoms with van der Waals surface area (Å²) in [4.78, 5) is 17.6. The van der Waals surface area contributed by atoms with Crippen molar-refractivity contribution in [2.24, 2.45) is 0 Å². The van der Waals surface area contributed by atoms with Crippen molar-refractivity contribution in [3.8, 4) is 11.8 Å². The molecular weight excluding hydrogens is 320 g/mol. The van der Waals surface area contributed by atoms with E-state index in [1.54, 1.807) is 6.20 Å². The van der Waals surface area contributed by atoms with E-state index in [0.717, 1.165) is 23.7 Å². The first-order valence-corrected chi connectivity index (χ1v) is 8.07. The maximum Gasteiger partial charge on any atom is 0.320 e. The number of ether oxygens (including phenoxy) is 2. The Morgan fingerprint density at radius 1 is 1.16 bits per heavy atom. The Balaban J connectivity index is 1.86. The number of imidazole rings is 1. The SMILES string of the molecule is Cc1nc2c(N)nc3nc2n1Cc1ncccc1OC/C=C\CCO3. The van der Waals surface area contributed by atoms with Crippen LogP contribution in [-0.2, 0) is 6.54 Å². The number of hydrogen-bond donors (Lipinski definition) is 1. The van der Waals surface area contributed by atoms with Crippen molar-refractivity contribution in [1.82, 2.24) is 24.5 Å². The van der Waals surface area contributed by atoms with Crippen LogP contribution in [0.25, 0.3) is 11.2 Å². The number of fused-ring (bicyclic) bond motifs is 2. The van der Waals surface area contributed by atoms with Crippen molar-refractivity contribution in [3.05, 3.63) is 42.0 Å². The van der Waals surface area contributed by atoms with Crippen LogP contribution in [-0.4, -0.2) is 37.7 Å². The second-order valence-corrected chi connectivity index (χ2v) is 5.68. The molecule has 4 heterocycles. The molecule has 0 spiro atoms. The molecule has 25 heavy (non-hydrogen) atoms. The number of nitrogens with zero attached hydrogens (tertiary/aromatic N) is 5. The first-order valence-electron chi connectivity index (χ1n) is 8.07. The van der Waals surface area contributed by atoms with Gasteiger partial charge in [0.2, 0.25) is 0 Å². The highest BCUT2D eigenvalue weighted by atomic mass is 16.5. The quantitative estimate of drug-likeness (QED) is 0.624. The number of nitrogens with two attached hydrogens (primary N) is 1. The third kappa shape index (κ3) is 2.98. The number of rotatable bonds is 0. The summed E-state index contributed by atoms with van der Waals surface area (Å²) in [7, 11) is 0. The first-order chi connectivity index (χ1) is 12.2. The van der Waals surface area contributed by atoms with Crippen LogP contribution in [0, 0.1) is 6.92 Å². The van der Waals surface area contributed by atoms with Gasteiger partial charge in [0.1, 0.15) is 23.9 Å². The molecular formula is C17H18N6O2. The molecule has 0 fully saturated rings. The van der Waals surface area contributed by atoms with Gasteiger partial charge >= 0.3 is 6.01 Å². The van der Waals surface area contributed by atoms with Gasteiger partial charge in [0.15, 0.2) is 17.0 Å². The fourth-order valence-electron chi connectivity index (χ4n) is 2.73. The van der Waals surface area contributed by atoms with Crippen LogP contribution in [0.3, 0.4) is 0 Å². The van der Waals surface area contributed by atoms with Crippen molar-refractivity contribution in [2.75, 3.05) is 18.9 Å². The summed E-state index contributed by atoms with van der Waals surface area (Å²) in [5.41, 5.74) is 8.04. The maximum atomic E-state index is 6.04. The highest BCUT2D eigenvalue weighted by Crippen LogP contribution is 2.24. The molecule has 0 aliphatic carbocycles. The molecule has 4 rings (SSSR count). The Morgan fingerprint density at radius 2 is 2.08 bits per heavy atom. The highest BCUT2D eigenvalue weighted by molar-refractivity contribution is 5.82. The molecule has 1 aliphatic rings. The van der Waals surface area contributed by atoms with Crippen LogP contribution in [0.2, 0.25) is 0 Å². The topological polar surface area (TPSA) is 101 Å². The second-order valence-electron chi connectivity index (χ2n) is 5.68. The molecule has 0 unspecified atom stereocenters. The van der Waals surface area contributed by atoms with Crippen molar-refractivity contribution in [2.45, 2.75) is 19.9 Å². The molecule has 2 N–H and O–H groups in total. The molecule has 0 radical (unpaired) electrons. The van der Waals surface area contributed by atoms with Crippen LogP contribution in [0.15, 0.2) is 30.5 Å². The van der Waals surface area contributed by atoms with Crippen LogP contribution < -0.4 is 15.2 Å². The van der Waals surface area contributed by atoms with E-state index in [2.05, 4.69) is 19.9 Å². The number of nitrogen functional groups attached to an aromatic ring is 1. The van der Waals surface area contributed by atoms with E-state index in [1.807, 2.05) is 35.8 Å². The molecule has 3 aromatic heterocycles. The fourth-order valence-corrected chi connectivity index (χ4v) is 2.73. The molecule has 8 nitrogen and oxygen atoms in total. The van der Waals surface area contributed by atoms with Gasteiger partial charge in [0, 0.05) is 6.20 Å².